The molecule has 0 radical (unpaired) electrons. The highest BCUT2D eigenvalue weighted by Crippen LogP contribution is 2.16. The lowest BCUT2D eigenvalue weighted by Gasteiger charge is -2.34. The van der Waals surface area contributed by atoms with Crippen LogP contribution in [-0.2, 0) is 13.1 Å². The van der Waals surface area contributed by atoms with Gasteiger partial charge in [0.25, 0.3) is 0 Å². The topological polar surface area (TPSA) is 55.8 Å². The molecule has 3 rings (SSSR count). The van der Waals surface area contributed by atoms with Crippen molar-refractivity contribution in [3.8, 4) is 0 Å². The third-order valence-corrected chi connectivity index (χ3v) is 6.04. The molecule has 3 heterocycles. The Hall–Kier alpha value is -2.12. The van der Waals surface area contributed by atoms with Crippen LogP contribution in [0, 0.1) is 6.92 Å². The van der Waals surface area contributed by atoms with Gasteiger partial charge < -0.3 is 20.4 Å². The number of aliphatic imine (C=N–C) groups is 1. The Balaban J connectivity index is 1.52. The normalized spacial score (nSPS) is 15.8. The van der Waals surface area contributed by atoms with Crippen LogP contribution in [0.5, 0.6) is 0 Å². The number of piperazine rings is 1. The van der Waals surface area contributed by atoms with Crippen LogP contribution in [0.4, 0.5) is 5.82 Å². The molecular weight excluding hydrogens is 356 g/mol. The number of nitrogens with one attached hydrogen (secondary N) is 2. The van der Waals surface area contributed by atoms with Gasteiger partial charge in [-0.15, -0.1) is 11.3 Å². The minimum atomic E-state index is 0.730. The molecule has 146 valence electrons. The van der Waals surface area contributed by atoms with Crippen molar-refractivity contribution >= 4 is 23.1 Å². The van der Waals surface area contributed by atoms with Crippen molar-refractivity contribution in [3.05, 3.63) is 45.8 Å². The number of pyridine rings is 1. The minimum absolute atomic E-state index is 0.730. The van der Waals surface area contributed by atoms with Gasteiger partial charge in [-0.1, -0.05) is 6.92 Å². The SMILES string of the molecule is CCN1CCN(c2cc(CNC(=NC)NCc3sccc3C)ccn2)CC1. The molecule has 0 aromatic carbocycles. The van der Waals surface area contributed by atoms with Crippen molar-refractivity contribution in [2.75, 3.05) is 44.7 Å². The van der Waals surface area contributed by atoms with Crippen LogP contribution in [0.25, 0.3) is 0 Å². The van der Waals surface area contributed by atoms with Crippen molar-refractivity contribution in [1.82, 2.24) is 20.5 Å². The van der Waals surface area contributed by atoms with Crippen LogP contribution in [-0.4, -0.2) is 55.6 Å². The molecule has 0 bridgehead atoms. The highest BCUT2D eigenvalue weighted by molar-refractivity contribution is 7.10. The second-order valence-corrected chi connectivity index (χ2v) is 7.75. The number of thiophene rings is 1. The van der Waals surface area contributed by atoms with E-state index >= 15 is 0 Å². The Bertz CT molecular complexity index is 748. The molecule has 6 nitrogen and oxygen atoms in total. The highest BCUT2D eigenvalue weighted by Gasteiger charge is 2.16. The highest BCUT2D eigenvalue weighted by atomic mass is 32.1. The Morgan fingerprint density at radius 2 is 1.96 bits per heavy atom. The maximum atomic E-state index is 4.58. The summed E-state index contributed by atoms with van der Waals surface area (Å²) in [6, 6.07) is 6.40. The molecule has 2 N–H and O–H groups in total. The van der Waals surface area contributed by atoms with E-state index in [1.807, 2.05) is 13.2 Å². The number of aryl methyl sites for hydroxylation is 1. The number of hydrogen-bond acceptors (Lipinski definition) is 5. The number of hydrogen-bond donors (Lipinski definition) is 2. The molecule has 0 unspecified atom stereocenters. The molecule has 27 heavy (non-hydrogen) atoms. The quantitative estimate of drug-likeness (QED) is 0.590. The van der Waals surface area contributed by atoms with E-state index in [1.54, 1.807) is 11.3 Å². The van der Waals surface area contributed by atoms with E-state index in [9.17, 15) is 0 Å². The summed E-state index contributed by atoms with van der Waals surface area (Å²) in [5.74, 6) is 1.89. The fourth-order valence-corrected chi connectivity index (χ4v) is 4.04. The molecule has 1 fully saturated rings. The molecule has 2 aromatic heterocycles. The first kappa shape index (κ1) is 19.6. The zero-order valence-corrected chi connectivity index (χ0v) is 17.4. The average Bonchev–Trinajstić information content (AvgIpc) is 3.13. The fourth-order valence-electron chi connectivity index (χ4n) is 3.19. The molecule has 1 saturated heterocycles. The maximum Gasteiger partial charge on any atom is 0.191 e. The first-order valence-electron chi connectivity index (χ1n) is 9.59. The molecular formula is C20H30N6S. The maximum absolute atomic E-state index is 4.58. The van der Waals surface area contributed by atoms with Gasteiger partial charge in [-0.05, 0) is 48.2 Å². The summed E-state index contributed by atoms with van der Waals surface area (Å²) in [6.45, 7) is 11.3. The van der Waals surface area contributed by atoms with E-state index in [2.05, 4.69) is 67.8 Å². The van der Waals surface area contributed by atoms with Gasteiger partial charge in [0.2, 0.25) is 0 Å². The standard InChI is InChI=1S/C20H30N6S/c1-4-25-8-10-26(11-9-25)19-13-17(5-7-22-19)14-23-20(21-3)24-15-18-16(2)6-12-27-18/h5-7,12-13H,4,8-11,14-15H2,1-3H3,(H2,21,23,24). The molecule has 0 aliphatic carbocycles. The number of aromatic nitrogens is 1. The van der Waals surface area contributed by atoms with Crippen molar-refractivity contribution in [2.45, 2.75) is 26.9 Å². The summed E-state index contributed by atoms with van der Waals surface area (Å²) in [6.07, 6.45) is 1.91. The van der Waals surface area contributed by atoms with Crippen molar-refractivity contribution in [2.24, 2.45) is 4.99 Å². The third-order valence-electron chi connectivity index (χ3n) is 5.02. The van der Waals surface area contributed by atoms with Gasteiger partial charge in [-0.2, -0.15) is 0 Å². The number of likely N-dealkylation sites (N-methyl/N-ethyl adjacent to an activating group) is 1. The molecule has 1 aliphatic rings. The molecule has 0 spiro atoms. The minimum Gasteiger partial charge on any atom is -0.354 e. The molecule has 2 aromatic rings. The van der Waals surface area contributed by atoms with Gasteiger partial charge in [0, 0.05) is 50.8 Å². The Morgan fingerprint density at radius 1 is 1.19 bits per heavy atom. The molecule has 0 atom stereocenters. The third kappa shape index (κ3) is 5.43. The van der Waals surface area contributed by atoms with Crippen LogP contribution in [0.1, 0.15) is 22.9 Å². The monoisotopic (exact) mass is 386 g/mol. The van der Waals surface area contributed by atoms with E-state index in [0.717, 1.165) is 57.6 Å². The van der Waals surface area contributed by atoms with E-state index in [4.69, 9.17) is 0 Å². The second-order valence-electron chi connectivity index (χ2n) is 6.75. The van der Waals surface area contributed by atoms with Crippen LogP contribution in [0.3, 0.4) is 0 Å². The summed E-state index contributed by atoms with van der Waals surface area (Å²) >= 11 is 1.77. The van der Waals surface area contributed by atoms with Crippen LogP contribution in [0.15, 0.2) is 34.8 Å². The number of anilines is 1. The molecule has 0 saturated carbocycles. The summed E-state index contributed by atoms with van der Waals surface area (Å²) in [7, 11) is 1.81. The predicted molar refractivity (Wildman–Crippen MR) is 115 cm³/mol. The average molecular weight is 387 g/mol. The largest absolute Gasteiger partial charge is 0.354 e. The van der Waals surface area contributed by atoms with Gasteiger partial charge in [-0.3, -0.25) is 4.99 Å². The smallest absolute Gasteiger partial charge is 0.191 e. The number of nitrogens with zero attached hydrogens (tertiary/aromatic N) is 4. The van der Waals surface area contributed by atoms with Gasteiger partial charge in [0.1, 0.15) is 5.82 Å². The van der Waals surface area contributed by atoms with Gasteiger partial charge >= 0.3 is 0 Å². The van der Waals surface area contributed by atoms with E-state index in [1.165, 1.54) is 16.0 Å². The van der Waals surface area contributed by atoms with Gasteiger partial charge in [0.05, 0.1) is 6.54 Å². The van der Waals surface area contributed by atoms with Crippen molar-refractivity contribution in [3.63, 3.8) is 0 Å². The van der Waals surface area contributed by atoms with Crippen LogP contribution >= 0.6 is 11.3 Å². The first-order valence-corrected chi connectivity index (χ1v) is 10.5. The Morgan fingerprint density at radius 3 is 2.63 bits per heavy atom. The molecule has 7 heteroatoms. The van der Waals surface area contributed by atoms with Crippen LogP contribution in [0.2, 0.25) is 0 Å². The summed E-state index contributed by atoms with van der Waals surface area (Å²) in [4.78, 5) is 15.1. The van der Waals surface area contributed by atoms with E-state index < -0.39 is 0 Å². The number of rotatable bonds is 6. The zero-order valence-electron chi connectivity index (χ0n) is 16.5. The van der Waals surface area contributed by atoms with Crippen molar-refractivity contribution < 1.29 is 0 Å². The van der Waals surface area contributed by atoms with Gasteiger partial charge in [-0.25, -0.2) is 4.98 Å². The fraction of sp³-hybridized carbons (Fsp3) is 0.500. The lowest BCUT2D eigenvalue weighted by Crippen LogP contribution is -2.46. The Labute approximate surface area is 166 Å². The number of guanidine groups is 1. The van der Waals surface area contributed by atoms with Crippen molar-refractivity contribution in [1.29, 1.82) is 0 Å². The molecule has 0 amide bonds. The second kappa shape index (κ2) is 9.71. The lowest BCUT2D eigenvalue weighted by atomic mass is 10.2. The summed E-state index contributed by atoms with van der Waals surface area (Å²) < 4.78 is 0. The molecule has 1 aliphatic heterocycles. The van der Waals surface area contributed by atoms with E-state index in [-0.39, 0.29) is 0 Å². The van der Waals surface area contributed by atoms with Gasteiger partial charge in [0.15, 0.2) is 5.96 Å². The van der Waals surface area contributed by atoms with E-state index in [0.29, 0.717) is 0 Å². The lowest BCUT2D eigenvalue weighted by molar-refractivity contribution is 0.270. The van der Waals surface area contributed by atoms with Crippen LogP contribution < -0.4 is 15.5 Å². The predicted octanol–water partition coefficient (Wildman–Crippen LogP) is 2.46. The Kier molecular flexibility index (Phi) is 7.06. The first-order chi connectivity index (χ1) is 13.2. The zero-order chi connectivity index (χ0) is 19.1. The summed E-state index contributed by atoms with van der Waals surface area (Å²) in [5, 5.41) is 8.92. The summed E-state index contributed by atoms with van der Waals surface area (Å²) in [5.41, 5.74) is 2.54.